The van der Waals surface area contributed by atoms with Gasteiger partial charge in [-0.2, -0.15) is 0 Å². The molecule has 2 aliphatic heterocycles. The van der Waals surface area contributed by atoms with Crippen LogP contribution in [0.15, 0.2) is 212 Å². The van der Waals surface area contributed by atoms with Gasteiger partial charge in [-0.25, -0.2) is 18.9 Å². The van der Waals surface area contributed by atoms with Gasteiger partial charge in [0.15, 0.2) is 18.5 Å². The van der Waals surface area contributed by atoms with Crippen LogP contribution in [0.2, 0.25) is 0 Å². The van der Waals surface area contributed by atoms with Gasteiger partial charge in [-0.3, -0.25) is 14.1 Å². The number of rotatable bonds is 79. The van der Waals surface area contributed by atoms with Crippen molar-refractivity contribution in [2.75, 3.05) is 33.0 Å². The van der Waals surface area contributed by atoms with Gasteiger partial charge in [-0.05, 0) is 90.6 Å². The van der Waals surface area contributed by atoms with Crippen LogP contribution in [-0.2, 0) is 100 Å². The monoisotopic (exact) mass is 2120 g/mol. The molecule has 2 heterocycles. The van der Waals surface area contributed by atoms with E-state index in [2.05, 4.69) is 38.3 Å². The molecule has 814 valence electrons. The highest BCUT2D eigenvalue weighted by Gasteiger charge is 2.56. The molecule has 2 amide bonds. The number of esters is 2. The van der Waals surface area contributed by atoms with Crippen molar-refractivity contribution in [3.63, 3.8) is 0 Å². The molecule has 0 aromatic heterocycles. The van der Waals surface area contributed by atoms with Crippen LogP contribution in [0.5, 0.6) is 11.5 Å². The fourth-order valence-electron chi connectivity index (χ4n) is 18.7. The standard InChI is InChI=1S/C119H170Cl3N2O22P/c1-5-9-13-17-21-25-26-30-34-38-63-81-106(126)140-99(75-57-36-32-28-23-19-15-11-7-3)83-85-133-113-108(124-117(129)139-92-119(120,121)122)116(142-104(91-138-118(130)137-89-95-68-50-41-51-69-95)111(113)146-147(131,144-100-76-59-44-60-77-100)145-101-78-61-45-62-79-101)136-90-103-109(127)112(132-84-82-98(134-87-93-64-46-39-47-65-93)74-56-35-31-27-22-18-14-10-6-2)107(114(141-103)115(128)143-110(96-70-52-42-53-71-96)97-72-54-43-55-73-97)123-105(125)86-102(135-88-94-66-48-40-49-67-94)80-58-37-33-29-24-20-16-12-8-4/h39-55,59-62,64-73,76-79,98-99,102-104,107-114,116,127H,5-38,56-58,63,74-75,80-92H2,1-4H3,(H,123,125)(H,124,129)/t98-,99-,102-,103-,104-,107-,108-,109-,111-,112-,113-,114+,116-/m1/s1. The Labute approximate surface area is 892 Å². The molecule has 0 saturated carbocycles. The van der Waals surface area contributed by atoms with Crippen LogP contribution in [-0.4, -0.2) is 151 Å². The highest BCUT2D eigenvalue weighted by molar-refractivity contribution is 7.49. The number of halogens is 3. The molecule has 0 unspecified atom stereocenters. The third-order valence-corrected chi connectivity index (χ3v) is 28.6. The zero-order chi connectivity index (χ0) is 104. The van der Waals surface area contributed by atoms with E-state index in [1.807, 2.05) is 127 Å². The van der Waals surface area contributed by atoms with E-state index < -0.39 is 135 Å². The number of benzene rings is 7. The number of alkyl halides is 3. The number of hydrogen-bond donors (Lipinski definition) is 3. The van der Waals surface area contributed by atoms with Crippen LogP contribution in [0, 0.1) is 0 Å². The highest BCUT2D eigenvalue weighted by atomic mass is 35.6. The molecule has 2 aliphatic rings. The van der Waals surface area contributed by atoms with Crippen molar-refractivity contribution in [3.05, 3.63) is 240 Å². The minimum Gasteiger partial charge on any atom is -0.462 e. The first-order valence-electron chi connectivity index (χ1n) is 55.3. The quantitative estimate of drug-likeness (QED) is 0.0105. The molecule has 0 spiro atoms. The fraction of sp³-hybridized carbons (Fsp3) is 0.605. The number of carbonyl (C=O) groups excluding carboxylic acids is 5. The van der Waals surface area contributed by atoms with E-state index in [0.717, 1.165) is 133 Å². The number of ether oxygens (including phenoxy) is 12. The maximum atomic E-state index is 16.4. The number of aliphatic hydroxyl groups is 1. The van der Waals surface area contributed by atoms with Crippen LogP contribution in [0.1, 0.15) is 351 Å². The molecular weight excluding hydrogens is 1950 g/mol. The predicted octanol–water partition coefficient (Wildman–Crippen LogP) is 29.6. The minimum atomic E-state index is -5.17. The number of para-hydroxylation sites is 2. The Balaban J connectivity index is 1.15. The summed E-state index contributed by atoms with van der Waals surface area (Å²) < 4.78 is 114. The first kappa shape index (κ1) is 122. The first-order chi connectivity index (χ1) is 71.8. The molecule has 0 aliphatic carbocycles. The number of carbonyl (C=O) groups is 5. The van der Waals surface area contributed by atoms with Crippen molar-refractivity contribution in [2.24, 2.45) is 0 Å². The molecule has 7 aromatic carbocycles. The third kappa shape index (κ3) is 50.8. The van der Waals surface area contributed by atoms with E-state index in [-0.39, 0.29) is 69.3 Å². The number of phosphoric ester groups is 1. The van der Waals surface area contributed by atoms with Crippen molar-refractivity contribution in [1.82, 2.24) is 10.6 Å². The topological polar surface area (TPSA) is 285 Å². The van der Waals surface area contributed by atoms with Gasteiger partial charge < -0.3 is 81.6 Å². The van der Waals surface area contributed by atoms with E-state index in [9.17, 15) is 14.7 Å². The summed E-state index contributed by atoms with van der Waals surface area (Å²) in [6, 6.07) is 60.0. The van der Waals surface area contributed by atoms with E-state index >= 15 is 18.9 Å². The summed E-state index contributed by atoms with van der Waals surface area (Å²) in [7, 11) is -5.17. The fourth-order valence-corrected chi connectivity index (χ4v) is 20.3. The second-order valence-electron chi connectivity index (χ2n) is 39.3. The Morgan fingerprint density at radius 3 is 1.24 bits per heavy atom. The van der Waals surface area contributed by atoms with Gasteiger partial charge in [0, 0.05) is 19.4 Å². The lowest BCUT2D eigenvalue weighted by molar-refractivity contribution is -0.289. The summed E-state index contributed by atoms with van der Waals surface area (Å²) in [5.74, 6) is -1.80. The molecular formula is C119H170Cl3N2O22P. The average molecular weight is 2120 g/mol. The van der Waals surface area contributed by atoms with Crippen molar-refractivity contribution in [3.8, 4) is 11.5 Å². The molecule has 7 aromatic rings. The number of amides is 2. The van der Waals surface area contributed by atoms with Crippen LogP contribution >= 0.6 is 42.6 Å². The maximum absolute atomic E-state index is 16.4. The molecule has 0 bridgehead atoms. The first-order valence-corrected chi connectivity index (χ1v) is 57.9. The Hall–Kier alpha value is -8.17. The van der Waals surface area contributed by atoms with Gasteiger partial charge in [0.1, 0.15) is 80.1 Å². The van der Waals surface area contributed by atoms with Crippen LogP contribution < -0.4 is 19.7 Å². The maximum Gasteiger partial charge on any atom is 0.588 e. The zero-order valence-corrected chi connectivity index (χ0v) is 91.0. The van der Waals surface area contributed by atoms with Gasteiger partial charge in [0.05, 0.1) is 51.1 Å². The Morgan fingerprint density at radius 1 is 0.388 bits per heavy atom. The third-order valence-electron chi connectivity index (χ3n) is 26.9. The molecule has 147 heavy (non-hydrogen) atoms. The molecule has 0 radical (unpaired) electrons. The number of nitrogens with one attached hydrogen (secondary N) is 2. The lowest BCUT2D eigenvalue weighted by Gasteiger charge is -2.47. The van der Waals surface area contributed by atoms with Gasteiger partial charge in [-0.1, -0.05) is 482 Å². The Bertz CT molecular complexity index is 4540. The number of unbranched alkanes of at least 4 members (excludes halogenated alkanes) is 34. The average Bonchev–Trinajstić information content (AvgIpc) is 0.769. The van der Waals surface area contributed by atoms with E-state index in [1.165, 1.54) is 109 Å². The summed E-state index contributed by atoms with van der Waals surface area (Å²) in [5.41, 5.74) is 3.72. The van der Waals surface area contributed by atoms with E-state index in [4.69, 9.17) is 105 Å². The second kappa shape index (κ2) is 73.9. The van der Waals surface area contributed by atoms with Gasteiger partial charge >= 0.3 is 32.0 Å². The molecule has 2 fully saturated rings. The molecule has 9 rings (SSSR count). The summed E-state index contributed by atoms with van der Waals surface area (Å²) in [5, 5.41) is 19.9. The van der Waals surface area contributed by atoms with Crippen molar-refractivity contribution >= 4 is 72.7 Å². The lowest BCUT2D eigenvalue weighted by Crippen LogP contribution is -2.68. The smallest absolute Gasteiger partial charge is 0.462 e. The van der Waals surface area contributed by atoms with Gasteiger partial charge in [-0.15, -0.1) is 0 Å². The highest BCUT2D eigenvalue weighted by Crippen LogP contribution is 2.53. The minimum absolute atomic E-state index is 0.0309. The molecule has 28 heteroatoms. The predicted molar refractivity (Wildman–Crippen MR) is 580 cm³/mol. The number of alkyl carbamates (subject to hydrolysis) is 1. The zero-order valence-electron chi connectivity index (χ0n) is 87.9. The number of phosphoric acid groups is 1. The van der Waals surface area contributed by atoms with Crippen molar-refractivity contribution < 1.29 is 104 Å². The van der Waals surface area contributed by atoms with Gasteiger partial charge in [0.2, 0.25) is 9.70 Å². The summed E-state index contributed by atoms with van der Waals surface area (Å²) in [6.45, 7) is 6.42. The SMILES string of the molecule is CCCCCCCCCCCCCC(=O)O[C@H](CCCCCCCCCCC)CCO[C@@H]1[C@@H](NC(=O)OCC(Cl)(Cl)Cl)[C@H](OC[C@H]2O[C@H](C(=O)OC(c3ccccc3)c3ccccc3)[C@H](NC(=O)C[C@@H](CCCCCCCCCCC)OCc3ccccc3)[C@@H](OCC[C@@H](CCCCCCCCCCC)OCc3ccccc3)[C@@H]2O)O[C@H](COC(=O)OCc2ccccc2)[C@H]1OP(=O)(Oc1ccccc1)Oc1ccccc1. The lowest BCUT2D eigenvalue weighted by atomic mass is 9.91. The van der Waals surface area contributed by atoms with E-state index in [0.29, 0.717) is 61.8 Å². The number of hydrogen-bond acceptors (Lipinski definition) is 22. The second-order valence-corrected chi connectivity index (χ2v) is 43.2. The van der Waals surface area contributed by atoms with E-state index in [1.54, 1.807) is 84.9 Å². The molecule has 2 saturated heterocycles. The van der Waals surface area contributed by atoms with Crippen LogP contribution in [0.4, 0.5) is 9.59 Å². The molecule has 3 N–H and O–H groups in total. The summed E-state index contributed by atoms with van der Waals surface area (Å²) in [6.07, 6.45) is 24.1. The summed E-state index contributed by atoms with van der Waals surface area (Å²) >= 11 is 19.1. The summed E-state index contributed by atoms with van der Waals surface area (Å²) in [4.78, 5) is 75.9. The normalized spacial score (nSPS) is 18.5. The van der Waals surface area contributed by atoms with Gasteiger partial charge in [0.25, 0.3) is 0 Å². The van der Waals surface area contributed by atoms with Crippen LogP contribution in [0.25, 0.3) is 0 Å². The largest absolute Gasteiger partial charge is 0.588 e. The van der Waals surface area contributed by atoms with Crippen molar-refractivity contribution in [1.29, 1.82) is 0 Å². The van der Waals surface area contributed by atoms with Crippen molar-refractivity contribution in [2.45, 2.75) is 426 Å². The number of aliphatic hydroxyl groups excluding tert-OH is 1. The molecule has 13 atom stereocenters. The Morgan fingerprint density at radius 2 is 0.782 bits per heavy atom. The Kier molecular flexibility index (Phi) is 61.5. The van der Waals surface area contributed by atoms with Crippen LogP contribution in [0.3, 0.4) is 0 Å². The molecule has 24 nitrogen and oxygen atoms in total.